The summed E-state index contributed by atoms with van der Waals surface area (Å²) in [5.41, 5.74) is 8.18. The molecule has 0 aliphatic rings. The number of carbonyl (C=O) groups is 2. The summed E-state index contributed by atoms with van der Waals surface area (Å²) < 4.78 is 0. The van der Waals surface area contributed by atoms with E-state index in [0.29, 0.717) is 29.9 Å². The number of halogens is 2. The highest BCUT2D eigenvalue weighted by Crippen LogP contribution is 2.08. The number of nitrogen functional groups attached to an aromatic ring is 1. The number of anilines is 1. The fraction of sp³-hybridized carbons (Fsp3) is 0.263. The Balaban J connectivity index is 0.00000338. The standard InChI is InChI=1S/C19H24N4O2.2ClH/c1-23(2)10-9-21-18(24)15-6-3-5-14(11-15)13-22-19(25)16-7-4-8-17(20)12-16;;/h3-8,11-12H,9-10,13,20H2,1-2H3,(H,21,24)(H,22,25);2*1H. The maximum Gasteiger partial charge on any atom is 0.251 e. The summed E-state index contributed by atoms with van der Waals surface area (Å²) in [6, 6.07) is 14.0. The highest BCUT2D eigenvalue weighted by Gasteiger charge is 2.08. The lowest BCUT2D eigenvalue weighted by Gasteiger charge is -2.11. The molecule has 0 aliphatic heterocycles. The van der Waals surface area contributed by atoms with Gasteiger partial charge in [0.2, 0.25) is 0 Å². The van der Waals surface area contributed by atoms with Gasteiger partial charge in [0.05, 0.1) is 0 Å². The third kappa shape index (κ3) is 8.30. The van der Waals surface area contributed by atoms with Crippen LogP contribution in [0.5, 0.6) is 0 Å². The van der Waals surface area contributed by atoms with Crippen molar-refractivity contribution in [3.05, 3.63) is 65.2 Å². The quantitative estimate of drug-likeness (QED) is 0.608. The van der Waals surface area contributed by atoms with E-state index in [0.717, 1.165) is 12.1 Å². The van der Waals surface area contributed by atoms with Crippen molar-refractivity contribution in [2.24, 2.45) is 0 Å². The average molecular weight is 413 g/mol. The van der Waals surface area contributed by atoms with Gasteiger partial charge >= 0.3 is 0 Å². The molecule has 2 aromatic rings. The molecule has 27 heavy (non-hydrogen) atoms. The number of hydrogen-bond donors (Lipinski definition) is 3. The van der Waals surface area contributed by atoms with Crippen molar-refractivity contribution < 1.29 is 9.59 Å². The molecule has 0 spiro atoms. The zero-order valence-corrected chi connectivity index (χ0v) is 17.0. The zero-order valence-electron chi connectivity index (χ0n) is 15.4. The SMILES string of the molecule is CN(C)CCNC(=O)c1cccc(CNC(=O)c2cccc(N)c2)c1.Cl.Cl. The van der Waals surface area contributed by atoms with Crippen LogP contribution in [0.25, 0.3) is 0 Å². The van der Waals surface area contributed by atoms with Crippen LogP contribution in [0.3, 0.4) is 0 Å². The third-order valence-electron chi connectivity index (χ3n) is 3.64. The smallest absolute Gasteiger partial charge is 0.251 e. The van der Waals surface area contributed by atoms with E-state index in [4.69, 9.17) is 5.73 Å². The molecule has 0 atom stereocenters. The van der Waals surface area contributed by atoms with Gasteiger partial charge in [0.25, 0.3) is 11.8 Å². The molecule has 2 aromatic carbocycles. The van der Waals surface area contributed by atoms with Crippen molar-refractivity contribution in [3.63, 3.8) is 0 Å². The van der Waals surface area contributed by atoms with Gasteiger partial charge in [-0.15, -0.1) is 24.8 Å². The monoisotopic (exact) mass is 412 g/mol. The molecule has 0 radical (unpaired) electrons. The molecule has 4 N–H and O–H groups in total. The molecule has 2 amide bonds. The summed E-state index contributed by atoms with van der Waals surface area (Å²) in [6.45, 7) is 1.70. The fourth-order valence-electron chi connectivity index (χ4n) is 2.28. The number of amides is 2. The highest BCUT2D eigenvalue weighted by atomic mass is 35.5. The molecule has 0 bridgehead atoms. The van der Waals surface area contributed by atoms with Gasteiger partial charge in [-0.1, -0.05) is 18.2 Å². The van der Waals surface area contributed by atoms with Crippen molar-refractivity contribution in [2.75, 3.05) is 32.9 Å². The Kier molecular flexibility index (Phi) is 11.1. The van der Waals surface area contributed by atoms with E-state index in [-0.39, 0.29) is 36.6 Å². The van der Waals surface area contributed by atoms with E-state index in [1.165, 1.54) is 0 Å². The van der Waals surface area contributed by atoms with E-state index in [2.05, 4.69) is 10.6 Å². The van der Waals surface area contributed by atoms with Crippen molar-refractivity contribution in [1.29, 1.82) is 0 Å². The highest BCUT2D eigenvalue weighted by molar-refractivity contribution is 5.95. The van der Waals surface area contributed by atoms with Crippen molar-refractivity contribution in [1.82, 2.24) is 15.5 Å². The minimum absolute atomic E-state index is 0. The number of nitrogens with zero attached hydrogens (tertiary/aromatic N) is 1. The lowest BCUT2D eigenvalue weighted by Crippen LogP contribution is -2.31. The molecule has 148 valence electrons. The molecule has 0 saturated heterocycles. The summed E-state index contributed by atoms with van der Waals surface area (Å²) in [5, 5.41) is 5.71. The van der Waals surface area contributed by atoms with Gasteiger partial charge in [-0.05, 0) is 50.0 Å². The van der Waals surface area contributed by atoms with E-state index in [1.807, 2.05) is 31.1 Å². The Morgan fingerprint density at radius 3 is 2.15 bits per heavy atom. The van der Waals surface area contributed by atoms with E-state index >= 15 is 0 Å². The lowest BCUT2D eigenvalue weighted by atomic mass is 10.1. The first-order chi connectivity index (χ1) is 12.0. The van der Waals surface area contributed by atoms with Gasteiger partial charge in [-0.2, -0.15) is 0 Å². The van der Waals surface area contributed by atoms with Crippen LogP contribution in [0, 0.1) is 0 Å². The summed E-state index contributed by atoms with van der Waals surface area (Å²) in [7, 11) is 3.91. The first-order valence-electron chi connectivity index (χ1n) is 8.11. The summed E-state index contributed by atoms with van der Waals surface area (Å²) in [4.78, 5) is 26.3. The minimum atomic E-state index is -0.201. The largest absolute Gasteiger partial charge is 0.399 e. The zero-order chi connectivity index (χ0) is 18.2. The third-order valence-corrected chi connectivity index (χ3v) is 3.64. The topological polar surface area (TPSA) is 87.5 Å². The number of nitrogens with one attached hydrogen (secondary N) is 2. The predicted octanol–water partition coefficient (Wildman–Crippen LogP) is 2.33. The van der Waals surface area contributed by atoms with Crippen LogP contribution in [0.4, 0.5) is 5.69 Å². The Hall–Kier alpha value is -2.28. The molecule has 6 nitrogen and oxygen atoms in total. The van der Waals surface area contributed by atoms with Crippen LogP contribution in [0.15, 0.2) is 48.5 Å². The maximum atomic E-state index is 12.1. The van der Waals surface area contributed by atoms with Crippen LogP contribution in [0.1, 0.15) is 26.3 Å². The second kappa shape index (κ2) is 12.2. The first kappa shape index (κ1) is 24.7. The van der Waals surface area contributed by atoms with Crippen molar-refractivity contribution in [2.45, 2.75) is 6.54 Å². The molecule has 2 rings (SSSR count). The molecule has 0 aromatic heterocycles. The van der Waals surface area contributed by atoms with Gasteiger partial charge in [0, 0.05) is 36.4 Å². The van der Waals surface area contributed by atoms with Crippen LogP contribution in [-0.4, -0.2) is 43.9 Å². The first-order valence-corrected chi connectivity index (χ1v) is 8.11. The number of rotatable bonds is 7. The summed E-state index contributed by atoms with van der Waals surface area (Å²) in [6.07, 6.45) is 0. The van der Waals surface area contributed by atoms with Crippen LogP contribution < -0.4 is 16.4 Å². The van der Waals surface area contributed by atoms with Gasteiger partial charge in [-0.25, -0.2) is 0 Å². The minimum Gasteiger partial charge on any atom is -0.399 e. The Morgan fingerprint density at radius 2 is 1.52 bits per heavy atom. The maximum absolute atomic E-state index is 12.1. The van der Waals surface area contributed by atoms with Gasteiger partial charge in [-0.3, -0.25) is 9.59 Å². The van der Waals surface area contributed by atoms with Gasteiger partial charge < -0.3 is 21.3 Å². The summed E-state index contributed by atoms with van der Waals surface area (Å²) in [5.74, 6) is -0.320. The van der Waals surface area contributed by atoms with Gasteiger partial charge in [0.1, 0.15) is 0 Å². The Bertz CT molecular complexity index is 754. The van der Waals surface area contributed by atoms with E-state index < -0.39 is 0 Å². The number of benzene rings is 2. The number of nitrogens with two attached hydrogens (primary N) is 1. The molecular formula is C19H26Cl2N4O2. The number of carbonyl (C=O) groups excluding carboxylic acids is 2. The number of hydrogen-bond acceptors (Lipinski definition) is 4. The molecule has 0 fully saturated rings. The Morgan fingerprint density at radius 1 is 0.926 bits per heavy atom. The van der Waals surface area contributed by atoms with Crippen LogP contribution >= 0.6 is 24.8 Å². The fourth-order valence-corrected chi connectivity index (χ4v) is 2.28. The van der Waals surface area contributed by atoms with Crippen molar-refractivity contribution >= 4 is 42.3 Å². The molecule has 0 unspecified atom stereocenters. The Labute approximate surface area is 172 Å². The molecule has 0 saturated carbocycles. The molecule has 0 aliphatic carbocycles. The number of likely N-dealkylation sites (N-methyl/N-ethyl adjacent to an activating group) is 1. The van der Waals surface area contributed by atoms with E-state index in [1.54, 1.807) is 36.4 Å². The normalized spacial score (nSPS) is 9.74. The van der Waals surface area contributed by atoms with Crippen LogP contribution in [-0.2, 0) is 6.54 Å². The molecule has 0 heterocycles. The second-order valence-electron chi connectivity index (χ2n) is 6.07. The summed E-state index contributed by atoms with van der Waals surface area (Å²) >= 11 is 0. The second-order valence-corrected chi connectivity index (χ2v) is 6.07. The van der Waals surface area contributed by atoms with Crippen molar-refractivity contribution in [3.8, 4) is 0 Å². The lowest BCUT2D eigenvalue weighted by molar-refractivity contribution is 0.0945. The molecule has 8 heteroatoms. The average Bonchev–Trinajstić information content (AvgIpc) is 2.59. The van der Waals surface area contributed by atoms with Crippen LogP contribution in [0.2, 0.25) is 0 Å². The van der Waals surface area contributed by atoms with Gasteiger partial charge in [0.15, 0.2) is 0 Å². The van der Waals surface area contributed by atoms with E-state index in [9.17, 15) is 9.59 Å². The molecular weight excluding hydrogens is 387 g/mol. The predicted molar refractivity (Wildman–Crippen MR) is 114 cm³/mol.